The van der Waals surface area contributed by atoms with E-state index in [1.54, 1.807) is 0 Å². The van der Waals surface area contributed by atoms with E-state index in [0.29, 0.717) is 15.9 Å². The standard InChI is InChI=1S/C10H10N2O3S2/c1-2-16-10-6-3-9(17(14)15)8(13)4-7(6)11-5-12-10/h3-5,13H,2H2,1H3,(H,14,15)/p-1. The van der Waals surface area contributed by atoms with Crippen molar-refractivity contribution >= 4 is 33.7 Å². The lowest BCUT2D eigenvalue weighted by Gasteiger charge is -2.10. The number of phenols is 1. The van der Waals surface area contributed by atoms with E-state index in [0.717, 1.165) is 5.75 Å². The van der Waals surface area contributed by atoms with Gasteiger partial charge in [0.1, 0.15) is 17.1 Å². The number of aromatic nitrogens is 2. The Morgan fingerprint density at radius 3 is 2.88 bits per heavy atom. The molecule has 0 saturated heterocycles. The molecule has 90 valence electrons. The second kappa shape index (κ2) is 4.99. The monoisotopic (exact) mass is 269 g/mol. The summed E-state index contributed by atoms with van der Waals surface area (Å²) in [7, 11) is 0. The first-order valence-electron chi connectivity index (χ1n) is 4.83. The van der Waals surface area contributed by atoms with Crippen molar-refractivity contribution < 1.29 is 13.9 Å². The van der Waals surface area contributed by atoms with Crippen LogP contribution in [-0.2, 0) is 11.1 Å². The normalized spacial score (nSPS) is 12.8. The SMILES string of the molecule is CCSc1ncnc2cc(O)c(S(=O)[O-])cc12. The van der Waals surface area contributed by atoms with E-state index in [9.17, 15) is 13.9 Å². The van der Waals surface area contributed by atoms with Gasteiger partial charge in [0, 0.05) is 11.5 Å². The summed E-state index contributed by atoms with van der Waals surface area (Å²) >= 11 is -0.976. The molecule has 0 amide bonds. The fourth-order valence-electron chi connectivity index (χ4n) is 1.43. The van der Waals surface area contributed by atoms with Crippen molar-refractivity contribution in [1.82, 2.24) is 9.97 Å². The van der Waals surface area contributed by atoms with E-state index in [-0.39, 0.29) is 10.6 Å². The van der Waals surface area contributed by atoms with Gasteiger partial charge in [0.15, 0.2) is 0 Å². The van der Waals surface area contributed by atoms with Crippen LogP contribution in [0.2, 0.25) is 0 Å². The average molecular weight is 269 g/mol. The van der Waals surface area contributed by atoms with Crippen LogP contribution in [0.25, 0.3) is 10.9 Å². The first-order chi connectivity index (χ1) is 8.13. The molecule has 0 saturated carbocycles. The second-order valence-corrected chi connectivity index (χ2v) is 5.35. The summed E-state index contributed by atoms with van der Waals surface area (Å²) in [4.78, 5) is 7.96. The van der Waals surface area contributed by atoms with Gasteiger partial charge in [-0.2, -0.15) is 0 Å². The highest BCUT2D eigenvalue weighted by Gasteiger charge is 2.09. The molecule has 1 heterocycles. The second-order valence-electron chi connectivity index (χ2n) is 3.18. The summed E-state index contributed by atoms with van der Waals surface area (Å²) < 4.78 is 21.9. The van der Waals surface area contributed by atoms with Crippen LogP contribution in [0.5, 0.6) is 5.75 Å². The summed E-state index contributed by atoms with van der Waals surface area (Å²) in [6, 6.07) is 2.73. The average Bonchev–Trinajstić information content (AvgIpc) is 2.28. The Hall–Kier alpha value is -1.18. The van der Waals surface area contributed by atoms with E-state index in [1.165, 1.54) is 30.2 Å². The molecule has 2 rings (SSSR count). The van der Waals surface area contributed by atoms with Gasteiger partial charge in [-0.1, -0.05) is 6.92 Å². The van der Waals surface area contributed by atoms with Crippen molar-refractivity contribution in [3.8, 4) is 5.75 Å². The minimum absolute atomic E-state index is 0.134. The quantitative estimate of drug-likeness (QED) is 0.518. The van der Waals surface area contributed by atoms with Crippen molar-refractivity contribution in [3.05, 3.63) is 18.5 Å². The molecule has 0 aliphatic rings. The van der Waals surface area contributed by atoms with Gasteiger partial charge in [-0.3, -0.25) is 4.21 Å². The molecule has 5 nitrogen and oxygen atoms in total. The molecular formula is C10H9N2O3S2-. The van der Waals surface area contributed by atoms with Gasteiger partial charge in [0.2, 0.25) is 0 Å². The molecular weight excluding hydrogens is 260 g/mol. The molecule has 17 heavy (non-hydrogen) atoms. The highest BCUT2D eigenvalue weighted by molar-refractivity contribution is 7.99. The van der Waals surface area contributed by atoms with Gasteiger partial charge in [-0.05, 0) is 22.9 Å². The number of rotatable bonds is 3. The Balaban J connectivity index is 2.71. The van der Waals surface area contributed by atoms with Gasteiger partial charge < -0.3 is 9.66 Å². The number of aromatic hydroxyl groups is 1. The summed E-state index contributed by atoms with van der Waals surface area (Å²) in [6.45, 7) is 1.98. The van der Waals surface area contributed by atoms with Crippen LogP contribution in [0.3, 0.4) is 0 Å². The third-order valence-electron chi connectivity index (χ3n) is 2.14. The number of hydrogen-bond acceptors (Lipinski definition) is 6. The van der Waals surface area contributed by atoms with Crippen LogP contribution in [0.15, 0.2) is 28.4 Å². The van der Waals surface area contributed by atoms with Crippen LogP contribution in [-0.4, -0.2) is 29.6 Å². The van der Waals surface area contributed by atoms with Gasteiger partial charge in [0.05, 0.1) is 10.4 Å². The molecule has 1 N–H and O–H groups in total. The molecule has 0 aliphatic carbocycles. The lowest BCUT2D eigenvalue weighted by Crippen LogP contribution is -1.93. The largest absolute Gasteiger partial charge is 0.768 e. The molecule has 0 aliphatic heterocycles. The number of thioether (sulfide) groups is 1. The van der Waals surface area contributed by atoms with E-state index < -0.39 is 11.1 Å². The maximum absolute atomic E-state index is 10.9. The van der Waals surface area contributed by atoms with E-state index >= 15 is 0 Å². The Bertz CT molecular complexity index is 589. The molecule has 0 fully saturated rings. The first kappa shape index (κ1) is 12.3. The third-order valence-corrected chi connectivity index (χ3v) is 3.71. The number of phenolic OH excluding ortho intramolecular Hbond substituents is 1. The molecule has 1 unspecified atom stereocenters. The molecule has 0 bridgehead atoms. The van der Waals surface area contributed by atoms with Crippen molar-refractivity contribution in [2.24, 2.45) is 0 Å². The zero-order valence-corrected chi connectivity index (χ0v) is 10.5. The topological polar surface area (TPSA) is 86.1 Å². The van der Waals surface area contributed by atoms with Crippen molar-refractivity contribution in [1.29, 1.82) is 0 Å². The van der Waals surface area contributed by atoms with Crippen LogP contribution in [0, 0.1) is 0 Å². The fourth-order valence-corrected chi connectivity index (χ4v) is 2.59. The maximum Gasteiger partial charge on any atom is 0.132 e. The van der Waals surface area contributed by atoms with E-state index in [4.69, 9.17) is 0 Å². The van der Waals surface area contributed by atoms with Gasteiger partial charge >= 0.3 is 0 Å². The third kappa shape index (κ3) is 2.41. The summed E-state index contributed by atoms with van der Waals surface area (Å²) in [6.07, 6.45) is 1.40. The Morgan fingerprint density at radius 2 is 2.24 bits per heavy atom. The summed E-state index contributed by atoms with van der Waals surface area (Å²) in [5, 5.41) is 10.9. The highest BCUT2D eigenvalue weighted by atomic mass is 32.2. The predicted molar refractivity (Wildman–Crippen MR) is 64.8 cm³/mol. The number of fused-ring (bicyclic) bond motifs is 1. The van der Waals surface area contributed by atoms with Gasteiger partial charge in [-0.25, -0.2) is 9.97 Å². The molecule has 1 aromatic carbocycles. The van der Waals surface area contributed by atoms with Crippen molar-refractivity contribution in [2.75, 3.05) is 5.75 Å². The maximum atomic E-state index is 10.9. The van der Waals surface area contributed by atoms with Crippen LogP contribution in [0.4, 0.5) is 0 Å². The molecule has 1 atom stereocenters. The predicted octanol–water partition coefficient (Wildman–Crippen LogP) is 1.69. The lowest BCUT2D eigenvalue weighted by molar-refractivity contribution is 0.456. The number of hydrogen-bond donors (Lipinski definition) is 1. The highest BCUT2D eigenvalue weighted by Crippen LogP contribution is 2.30. The summed E-state index contributed by atoms with van der Waals surface area (Å²) in [5.74, 6) is 0.528. The first-order valence-corrected chi connectivity index (χ1v) is 6.89. The van der Waals surface area contributed by atoms with Crippen LogP contribution < -0.4 is 0 Å². The molecule has 0 radical (unpaired) electrons. The zero-order chi connectivity index (χ0) is 12.4. The van der Waals surface area contributed by atoms with Gasteiger partial charge in [-0.15, -0.1) is 11.8 Å². The zero-order valence-electron chi connectivity index (χ0n) is 8.91. The number of benzene rings is 1. The van der Waals surface area contributed by atoms with Crippen LogP contribution in [0.1, 0.15) is 6.92 Å². The summed E-state index contributed by atoms with van der Waals surface area (Å²) in [5.41, 5.74) is 0.530. The number of nitrogens with zero attached hydrogens (tertiary/aromatic N) is 2. The Kier molecular flexibility index (Phi) is 3.60. The van der Waals surface area contributed by atoms with E-state index in [1.807, 2.05) is 6.92 Å². The molecule has 7 heteroatoms. The smallest absolute Gasteiger partial charge is 0.132 e. The van der Waals surface area contributed by atoms with E-state index in [2.05, 4.69) is 9.97 Å². The molecule has 1 aromatic heterocycles. The fraction of sp³-hybridized carbons (Fsp3) is 0.200. The lowest BCUT2D eigenvalue weighted by atomic mass is 10.2. The van der Waals surface area contributed by atoms with Crippen LogP contribution >= 0.6 is 11.8 Å². The Labute approximate surface area is 105 Å². The Morgan fingerprint density at radius 1 is 1.47 bits per heavy atom. The minimum Gasteiger partial charge on any atom is -0.768 e. The molecule has 0 spiro atoms. The molecule has 2 aromatic rings. The minimum atomic E-state index is -2.47. The van der Waals surface area contributed by atoms with Gasteiger partial charge in [0.25, 0.3) is 0 Å². The van der Waals surface area contributed by atoms with Crippen molar-refractivity contribution in [3.63, 3.8) is 0 Å². The van der Waals surface area contributed by atoms with Crippen molar-refractivity contribution in [2.45, 2.75) is 16.8 Å².